The van der Waals surface area contributed by atoms with E-state index in [1.807, 2.05) is 19.1 Å². The number of aromatic nitrogens is 3. The van der Waals surface area contributed by atoms with Crippen LogP contribution in [0.5, 0.6) is 0 Å². The maximum Gasteiger partial charge on any atom is 0.303 e. The third-order valence-electron chi connectivity index (χ3n) is 2.67. The molecule has 0 spiro atoms. The molecule has 2 N–H and O–H groups in total. The van der Waals surface area contributed by atoms with Crippen LogP contribution in [0.3, 0.4) is 0 Å². The molecule has 2 aromatic rings. The molecule has 2 aromatic heterocycles. The number of rotatable bonds is 5. The van der Waals surface area contributed by atoms with Gasteiger partial charge in [-0.1, -0.05) is 0 Å². The molecule has 18 heavy (non-hydrogen) atoms. The molecular formula is C13H15N3O2. The highest BCUT2D eigenvalue weighted by molar-refractivity contribution is 5.66. The summed E-state index contributed by atoms with van der Waals surface area (Å²) in [6, 6.07) is 3.82. The van der Waals surface area contributed by atoms with E-state index in [0.29, 0.717) is 12.8 Å². The summed E-state index contributed by atoms with van der Waals surface area (Å²) >= 11 is 0. The van der Waals surface area contributed by atoms with Crippen molar-refractivity contribution < 1.29 is 9.90 Å². The first-order chi connectivity index (χ1) is 8.66. The van der Waals surface area contributed by atoms with E-state index in [9.17, 15) is 4.79 Å². The number of hydrogen-bond acceptors (Lipinski definition) is 3. The average Bonchev–Trinajstić information content (AvgIpc) is 2.71. The first-order valence-corrected chi connectivity index (χ1v) is 5.84. The lowest BCUT2D eigenvalue weighted by molar-refractivity contribution is -0.137. The Labute approximate surface area is 105 Å². The number of nitrogens with zero attached hydrogens (tertiary/aromatic N) is 2. The van der Waals surface area contributed by atoms with Crippen molar-refractivity contribution in [3.63, 3.8) is 0 Å². The highest BCUT2D eigenvalue weighted by atomic mass is 16.4. The standard InChI is InChI=1S/C13H15N3O2/c1-9-13(10-4-3-7-14-8-10)16-11(15-9)5-2-6-12(17)18/h3-4,7-8H,2,5-6H2,1H3,(H,15,16)(H,17,18). The van der Waals surface area contributed by atoms with Crippen LogP contribution in [0.1, 0.15) is 24.4 Å². The van der Waals surface area contributed by atoms with Crippen LogP contribution in [0.4, 0.5) is 0 Å². The molecule has 0 saturated carbocycles. The smallest absolute Gasteiger partial charge is 0.303 e. The lowest BCUT2D eigenvalue weighted by Crippen LogP contribution is -1.96. The minimum absolute atomic E-state index is 0.169. The third-order valence-corrected chi connectivity index (χ3v) is 2.67. The van der Waals surface area contributed by atoms with E-state index >= 15 is 0 Å². The fourth-order valence-electron chi connectivity index (χ4n) is 1.83. The second-order valence-corrected chi connectivity index (χ2v) is 4.15. The van der Waals surface area contributed by atoms with E-state index in [4.69, 9.17) is 5.11 Å². The zero-order valence-electron chi connectivity index (χ0n) is 10.2. The highest BCUT2D eigenvalue weighted by Gasteiger charge is 2.09. The number of H-pyrrole nitrogens is 1. The van der Waals surface area contributed by atoms with E-state index in [1.165, 1.54) is 0 Å². The quantitative estimate of drug-likeness (QED) is 0.846. The average molecular weight is 245 g/mol. The molecule has 0 aliphatic rings. The van der Waals surface area contributed by atoms with E-state index in [0.717, 1.165) is 22.8 Å². The molecule has 94 valence electrons. The fourth-order valence-corrected chi connectivity index (χ4v) is 1.83. The summed E-state index contributed by atoms with van der Waals surface area (Å²) in [7, 11) is 0. The van der Waals surface area contributed by atoms with E-state index in [2.05, 4.69) is 15.0 Å². The number of nitrogens with one attached hydrogen (secondary N) is 1. The minimum atomic E-state index is -0.772. The molecule has 0 aliphatic carbocycles. The summed E-state index contributed by atoms with van der Waals surface area (Å²) in [5.41, 5.74) is 2.83. The monoisotopic (exact) mass is 245 g/mol. The van der Waals surface area contributed by atoms with Crippen LogP contribution < -0.4 is 0 Å². The Morgan fingerprint density at radius 2 is 2.33 bits per heavy atom. The Hall–Kier alpha value is -2.17. The van der Waals surface area contributed by atoms with Crippen molar-refractivity contribution in [1.29, 1.82) is 0 Å². The number of aryl methyl sites for hydroxylation is 2. The lowest BCUT2D eigenvalue weighted by Gasteiger charge is -1.96. The van der Waals surface area contributed by atoms with Crippen LogP contribution in [-0.2, 0) is 11.2 Å². The number of carbonyl (C=O) groups is 1. The normalized spacial score (nSPS) is 10.5. The second kappa shape index (κ2) is 5.44. The van der Waals surface area contributed by atoms with Gasteiger partial charge in [0.2, 0.25) is 0 Å². The van der Waals surface area contributed by atoms with E-state index in [-0.39, 0.29) is 6.42 Å². The summed E-state index contributed by atoms with van der Waals surface area (Å²) in [5.74, 6) is 0.0540. The Bertz CT molecular complexity index is 534. The molecular weight excluding hydrogens is 230 g/mol. The van der Waals surface area contributed by atoms with Crippen LogP contribution in [0.2, 0.25) is 0 Å². The van der Waals surface area contributed by atoms with Gasteiger partial charge in [-0.15, -0.1) is 0 Å². The summed E-state index contributed by atoms with van der Waals surface area (Å²) in [4.78, 5) is 22.2. The predicted molar refractivity (Wildman–Crippen MR) is 67.1 cm³/mol. The zero-order valence-corrected chi connectivity index (χ0v) is 10.2. The number of hydrogen-bond donors (Lipinski definition) is 2. The van der Waals surface area contributed by atoms with Crippen molar-refractivity contribution in [1.82, 2.24) is 15.0 Å². The molecule has 0 bridgehead atoms. The SMILES string of the molecule is Cc1[nH]c(CCCC(=O)O)nc1-c1cccnc1. The van der Waals surface area contributed by atoms with Gasteiger partial charge in [-0.05, 0) is 25.5 Å². The van der Waals surface area contributed by atoms with Crippen molar-refractivity contribution in [2.75, 3.05) is 0 Å². The van der Waals surface area contributed by atoms with Gasteiger partial charge in [0.05, 0.1) is 5.69 Å². The lowest BCUT2D eigenvalue weighted by atomic mass is 10.2. The maximum absolute atomic E-state index is 10.4. The largest absolute Gasteiger partial charge is 0.481 e. The number of carboxylic acid groups (broad SMARTS) is 1. The van der Waals surface area contributed by atoms with E-state index < -0.39 is 5.97 Å². The van der Waals surface area contributed by atoms with Crippen molar-refractivity contribution in [3.05, 3.63) is 36.0 Å². The highest BCUT2D eigenvalue weighted by Crippen LogP contribution is 2.20. The Morgan fingerprint density at radius 3 is 3.00 bits per heavy atom. The minimum Gasteiger partial charge on any atom is -0.481 e. The number of imidazole rings is 1. The molecule has 0 aromatic carbocycles. The molecule has 0 saturated heterocycles. The molecule has 0 unspecified atom stereocenters. The molecule has 2 heterocycles. The maximum atomic E-state index is 10.4. The van der Waals surface area contributed by atoms with Crippen LogP contribution in [0, 0.1) is 6.92 Å². The summed E-state index contributed by atoms with van der Waals surface area (Å²) in [5, 5.41) is 8.59. The first kappa shape index (κ1) is 12.3. The molecule has 0 radical (unpaired) electrons. The predicted octanol–water partition coefficient (Wildman–Crippen LogP) is 2.19. The van der Waals surface area contributed by atoms with Gasteiger partial charge in [0.1, 0.15) is 5.82 Å². The Balaban J connectivity index is 2.10. The van der Waals surface area contributed by atoms with Gasteiger partial charge in [-0.3, -0.25) is 9.78 Å². The second-order valence-electron chi connectivity index (χ2n) is 4.15. The Morgan fingerprint density at radius 1 is 1.50 bits per heavy atom. The van der Waals surface area contributed by atoms with Crippen molar-refractivity contribution in [2.24, 2.45) is 0 Å². The van der Waals surface area contributed by atoms with Crippen LogP contribution in [-0.4, -0.2) is 26.0 Å². The molecule has 5 heteroatoms. The molecule has 0 fully saturated rings. The molecule has 5 nitrogen and oxygen atoms in total. The van der Waals surface area contributed by atoms with Crippen LogP contribution in [0.15, 0.2) is 24.5 Å². The van der Waals surface area contributed by atoms with Gasteiger partial charge in [-0.2, -0.15) is 0 Å². The van der Waals surface area contributed by atoms with Gasteiger partial charge in [0.25, 0.3) is 0 Å². The molecule has 2 rings (SSSR count). The van der Waals surface area contributed by atoms with Gasteiger partial charge in [0.15, 0.2) is 0 Å². The summed E-state index contributed by atoms with van der Waals surface area (Å²) in [6.07, 6.45) is 4.90. The van der Waals surface area contributed by atoms with E-state index in [1.54, 1.807) is 12.4 Å². The van der Waals surface area contributed by atoms with Crippen molar-refractivity contribution in [2.45, 2.75) is 26.2 Å². The van der Waals surface area contributed by atoms with Crippen molar-refractivity contribution in [3.8, 4) is 11.3 Å². The number of aromatic amines is 1. The summed E-state index contributed by atoms with van der Waals surface area (Å²) < 4.78 is 0. The molecule has 0 atom stereocenters. The van der Waals surface area contributed by atoms with Crippen molar-refractivity contribution >= 4 is 5.97 Å². The number of carboxylic acids is 1. The summed E-state index contributed by atoms with van der Waals surface area (Å²) in [6.45, 7) is 1.95. The third kappa shape index (κ3) is 2.94. The van der Waals surface area contributed by atoms with Gasteiger partial charge in [-0.25, -0.2) is 4.98 Å². The van der Waals surface area contributed by atoms with Crippen LogP contribution >= 0.6 is 0 Å². The first-order valence-electron chi connectivity index (χ1n) is 5.84. The number of pyridine rings is 1. The van der Waals surface area contributed by atoms with Gasteiger partial charge < -0.3 is 10.1 Å². The fraction of sp³-hybridized carbons (Fsp3) is 0.308. The Kier molecular flexibility index (Phi) is 3.72. The van der Waals surface area contributed by atoms with Crippen LogP contribution in [0.25, 0.3) is 11.3 Å². The van der Waals surface area contributed by atoms with Gasteiger partial charge >= 0.3 is 5.97 Å². The molecule has 0 aliphatic heterocycles. The number of aliphatic carboxylic acids is 1. The molecule has 0 amide bonds. The zero-order chi connectivity index (χ0) is 13.0. The van der Waals surface area contributed by atoms with Gasteiger partial charge in [0, 0.05) is 36.5 Å². The topological polar surface area (TPSA) is 78.9 Å².